The molecular formula is C21H19ClN4O4S. The van der Waals surface area contributed by atoms with Gasteiger partial charge in [0.15, 0.2) is 0 Å². The highest BCUT2D eigenvalue weighted by Gasteiger charge is 2.19. The van der Waals surface area contributed by atoms with Crippen LogP contribution in [0.2, 0.25) is 5.02 Å². The number of carbonyl (C=O) groups is 2. The molecule has 3 rings (SSSR count). The van der Waals surface area contributed by atoms with E-state index in [0.29, 0.717) is 11.4 Å². The SMILES string of the molecule is CN(C)S(=O)(=O)c1cccc(C(=O)Nc2ccc(Cl)c(C(=O)Nc3cccnc3)c2)c1. The summed E-state index contributed by atoms with van der Waals surface area (Å²) in [6.45, 7) is 0. The van der Waals surface area contributed by atoms with Crippen LogP contribution in [0.1, 0.15) is 20.7 Å². The minimum absolute atomic E-state index is 0.00204. The molecule has 0 unspecified atom stereocenters. The predicted octanol–water partition coefficient (Wildman–Crippen LogP) is 3.49. The molecule has 0 aliphatic carbocycles. The van der Waals surface area contributed by atoms with Crippen molar-refractivity contribution in [2.45, 2.75) is 4.90 Å². The highest BCUT2D eigenvalue weighted by Crippen LogP contribution is 2.23. The highest BCUT2D eigenvalue weighted by molar-refractivity contribution is 7.89. The summed E-state index contributed by atoms with van der Waals surface area (Å²) in [5.41, 5.74) is 1.13. The second-order valence-corrected chi connectivity index (χ2v) is 9.22. The Labute approximate surface area is 184 Å². The largest absolute Gasteiger partial charge is 0.322 e. The fourth-order valence-corrected chi connectivity index (χ4v) is 3.78. The molecule has 8 nitrogen and oxygen atoms in total. The van der Waals surface area contributed by atoms with Gasteiger partial charge in [-0.15, -0.1) is 0 Å². The van der Waals surface area contributed by atoms with E-state index in [9.17, 15) is 18.0 Å². The molecule has 0 aliphatic heterocycles. The Morgan fingerprint density at radius 1 is 0.935 bits per heavy atom. The number of hydrogen-bond donors (Lipinski definition) is 2. The molecule has 0 aliphatic rings. The predicted molar refractivity (Wildman–Crippen MR) is 119 cm³/mol. The fourth-order valence-electron chi connectivity index (χ4n) is 2.62. The van der Waals surface area contributed by atoms with Gasteiger partial charge in [0.2, 0.25) is 10.0 Å². The van der Waals surface area contributed by atoms with Crippen molar-refractivity contribution in [2.24, 2.45) is 0 Å². The number of aromatic nitrogens is 1. The van der Waals surface area contributed by atoms with Crippen LogP contribution in [0.4, 0.5) is 11.4 Å². The Kier molecular flexibility index (Phi) is 6.69. The summed E-state index contributed by atoms with van der Waals surface area (Å²) in [7, 11) is -0.860. The summed E-state index contributed by atoms with van der Waals surface area (Å²) in [5.74, 6) is -0.995. The number of amides is 2. The van der Waals surface area contributed by atoms with E-state index in [4.69, 9.17) is 11.6 Å². The lowest BCUT2D eigenvalue weighted by atomic mass is 10.1. The van der Waals surface area contributed by atoms with E-state index >= 15 is 0 Å². The number of benzene rings is 2. The Bertz CT molecular complexity index is 1230. The molecule has 0 bridgehead atoms. The highest BCUT2D eigenvalue weighted by atomic mass is 35.5. The van der Waals surface area contributed by atoms with Crippen molar-refractivity contribution in [1.29, 1.82) is 0 Å². The minimum atomic E-state index is -3.68. The summed E-state index contributed by atoms with van der Waals surface area (Å²) >= 11 is 6.15. The van der Waals surface area contributed by atoms with Crippen LogP contribution in [0.15, 0.2) is 71.9 Å². The maximum atomic E-state index is 12.7. The standard InChI is InChI=1S/C21H19ClN4O4S/c1-26(2)31(29,30)17-7-3-5-14(11-17)20(27)24-15-8-9-19(22)18(12-15)21(28)25-16-6-4-10-23-13-16/h3-13H,1-2H3,(H,24,27)(H,25,28). The number of carbonyl (C=O) groups excluding carboxylic acids is 2. The number of halogens is 1. The van der Waals surface area contributed by atoms with Crippen molar-refractivity contribution >= 4 is 44.8 Å². The number of nitrogens with zero attached hydrogens (tertiary/aromatic N) is 2. The van der Waals surface area contributed by atoms with Gasteiger partial charge in [0, 0.05) is 31.5 Å². The molecule has 160 valence electrons. The van der Waals surface area contributed by atoms with Crippen molar-refractivity contribution in [3.05, 3.63) is 83.1 Å². The molecule has 1 aromatic heterocycles. The average molecular weight is 459 g/mol. The van der Waals surface area contributed by atoms with Crippen LogP contribution in [0, 0.1) is 0 Å². The van der Waals surface area contributed by atoms with Crippen molar-refractivity contribution in [3.63, 3.8) is 0 Å². The summed E-state index contributed by atoms with van der Waals surface area (Å²) < 4.78 is 25.7. The lowest BCUT2D eigenvalue weighted by Crippen LogP contribution is -2.22. The fraction of sp³-hybridized carbons (Fsp3) is 0.0952. The van der Waals surface area contributed by atoms with Crippen LogP contribution in [0.5, 0.6) is 0 Å². The third-order valence-electron chi connectivity index (χ3n) is 4.26. The summed E-state index contributed by atoms with van der Waals surface area (Å²) in [6.07, 6.45) is 3.07. The summed E-state index contributed by atoms with van der Waals surface area (Å²) in [5, 5.41) is 5.54. The minimum Gasteiger partial charge on any atom is -0.322 e. The van der Waals surface area contributed by atoms with E-state index < -0.39 is 21.8 Å². The van der Waals surface area contributed by atoms with E-state index in [0.717, 1.165) is 4.31 Å². The van der Waals surface area contributed by atoms with Crippen molar-refractivity contribution in [3.8, 4) is 0 Å². The molecule has 0 spiro atoms. The lowest BCUT2D eigenvalue weighted by Gasteiger charge is -2.13. The van der Waals surface area contributed by atoms with Gasteiger partial charge in [0.25, 0.3) is 11.8 Å². The van der Waals surface area contributed by atoms with Gasteiger partial charge < -0.3 is 10.6 Å². The van der Waals surface area contributed by atoms with Crippen LogP contribution in [-0.4, -0.2) is 43.6 Å². The van der Waals surface area contributed by atoms with E-state index in [1.807, 2.05) is 0 Å². The average Bonchev–Trinajstić information content (AvgIpc) is 2.75. The number of anilines is 2. The van der Waals surface area contributed by atoms with Gasteiger partial charge in [-0.05, 0) is 48.5 Å². The third kappa shape index (κ3) is 5.26. The maximum Gasteiger partial charge on any atom is 0.257 e. The maximum absolute atomic E-state index is 12.7. The number of hydrogen-bond acceptors (Lipinski definition) is 5. The van der Waals surface area contributed by atoms with Gasteiger partial charge in [-0.1, -0.05) is 17.7 Å². The van der Waals surface area contributed by atoms with Gasteiger partial charge in [0.05, 0.1) is 27.4 Å². The molecule has 0 saturated carbocycles. The molecule has 2 N–H and O–H groups in total. The number of nitrogens with one attached hydrogen (secondary N) is 2. The van der Waals surface area contributed by atoms with Crippen LogP contribution in [0.25, 0.3) is 0 Å². The van der Waals surface area contributed by atoms with E-state index in [1.54, 1.807) is 24.4 Å². The Hall–Kier alpha value is -3.27. The van der Waals surface area contributed by atoms with Gasteiger partial charge >= 0.3 is 0 Å². The van der Waals surface area contributed by atoms with Gasteiger partial charge in [0.1, 0.15) is 0 Å². The molecule has 2 aromatic carbocycles. The molecule has 2 amide bonds. The van der Waals surface area contributed by atoms with Crippen LogP contribution in [-0.2, 0) is 10.0 Å². The van der Waals surface area contributed by atoms with Gasteiger partial charge in [-0.25, -0.2) is 12.7 Å². The summed E-state index contributed by atoms with van der Waals surface area (Å²) in [4.78, 5) is 29.1. The second kappa shape index (κ2) is 9.25. The first-order valence-electron chi connectivity index (χ1n) is 9.03. The molecule has 3 aromatic rings. The molecule has 0 atom stereocenters. The quantitative estimate of drug-likeness (QED) is 0.587. The van der Waals surface area contributed by atoms with Crippen molar-refractivity contribution in [1.82, 2.24) is 9.29 Å². The number of pyridine rings is 1. The van der Waals surface area contributed by atoms with Crippen LogP contribution < -0.4 is 10.6 Å². The first-order chi connectivity index (χ1) is 14.7. The Morgan fingerprint density at radius 2 is 1.68 bits per heavy atom. The third-order valence-corrected chi connectivity index (χ3v) is 6.40. The molecule has 0 saturated heterocycles. The van der Waals surface area contributed by atoms with Gasteiger partial charge in [-0.2, -0.15) is 0 Å². The molecule has 0 radical (unpaired) electrons. The summed E-state index contributed by atoms with van der Waals surface area (Å²) in [6, 6.07) is 13.5. The lowest BCUT2D eigenvalue weighted by molar-refractivity contribution is 0.101. The Morgan fingerprint density at radius 3 is 2.35 bits per heavy atom. The molecule has 0 fully saturated rings. The first-order valence-corrected chi connectivity index (χ1v) is 10.8. The monoisotopic (exact) mass is 458 g/mol. The smallest absolute Gasteiger partial charge is 0.257 e. The van der Waals surface area contributed by atoms with Crippen molar-refractivity contribution < 1.29 is 18.0 Å². The van der Waals surface area contributed by atoms with E-state index in [2.05, 4.69) is 15.6 Å². The topological polar surface area (TPSA) is 108 Å². The normalized spacial score (nSPS) is 11.2. The van der Waals surface area contributed by atoms with Crippen molar-refractivity contribution in [2.75, 3.05) is 24.7 Å². The zero-order valence-corrected chi connectivity index (χ0v) is 18.2. The zero-order valence-electron chi connectivity index (χ0n) is 16.7. The first kappa shape index (κ1) is 22.4. The zero-order chi connectivity index (χ0) is 22.6. The molecule has 10 heteroatoms. The van der Waals surface area contributed by atoms with Crippen LogP contribution >= 0.6 is 11.6 Å². The Balaban J connectivity index is 1.81. The van der Waals surface area contributed by atoms with Crippen LogP contribution in [0.3, 0.4) is 0 Å². The molecule has 31 heavy (non-hydrogen) atoms. The number of sulfonamides is 1. The van der Waals surface area contributed by atoms with E-state index in [-0.39, 0.29) is 21.0 Å². The molecule has 1 heterocycles. The van der Waals surface area contributed by atoms with E-state index in [1.165, 1.54) is 56.7 Å². The van der Waals surface area contributed by atoms with Gasteiger partial charge in [-0.3, -0.25) is 14.6 Å². The number of rotatable bonds is 6. The molecular weight excluding hydrogens is 440 g/mol. The second-order valence-electron chi connectivity index (χ2n) is 6.66.